The van der Waals surface area contributed by atoms with Crippen molar-refractivity contribution in [1.82, 2.24) is 4.72 Å². The molecule has 27 heavy (non-hydrogen) atoms. The minimum absolute atomic E-state index is 0.00931. The Bertz CT molecular complexity index is 910. The first-order valence-electron chi connectivity index (χ1n) is 7.84. The molecule has 0 spiro atoms. The molecule has 0 aliphatic heterocycles. The molecule has 0 unspecified atom stereocenters. The molecule has 0 saturated carbocycles. The van der Waals surface area contributed by atoms with Gasteiger partial charge in [-0.2, -0.15) is 4.72 Å². The Morgan fingerprint density at radius 2 is 1.67 bits per heavy atom. The summed E-state index contributed by atoms with van der Waals surface area (Å²) in [6, 6.07) is 10.8. The molecule has 0 saturated heterocycles. The van der Waals surface area contributed by atoms with Crippen LogP contribution in [0.25, 0.3) is 0 Å². The molecule has 0 radical (unpaired) electrons. The number of carbonyl (C=O) groups is 2. The minimum atomic E-state index is -3.88. The summed E-state index contributed by atoms with van der Waals surface area (Å²) in [5.41, 5.74) is 1.01. The number of benzene rings is 2. The predicted molar refractivity (Wildman–Crippen MR) is 98.8 cm³/mol. The maximum atomic E-state index is 12.3. The highest BCUT2D eigenvalue weighted by Gasteiger charge is 2.23. The molecule has 1 atom stereocenters. The molecule has 0 bridgehead atoms. The number of nitrogens with one attached hydrogen (secondary N) is 1. The quantitative estimate of drug-likeness (QED) is 0.703. The van der Waals surface area contributed by atoms with Crippen LogP contribution in [0.5, 0.6) is 0 Å². The second-order valence-electron chi connectivity index (χ2n) is 5.59. The Kier molecular flexibility index (Phi) is 6.95. The van der Waals surface area contributed by atoms with Gasteiger partial charge >= 0.3 is 11.9 Å². The molecule has 2 aromatic rings. The van der Waals surface area contributed by atoms with Gasteiger partial charge in [-0.3, -0.25) is 4.79 Å². The predicted octanol–water partition coefficient (Wildman–Crippen LogP) is 2.54. The van der Waals surface area contributed by atoms with Crippen molar-refractivity contribution in [1.29, 1.82) is 0 Å². The van der Waals surface area contributed by atoms with E-state index in [0.717, 1.165) is 0 Å². The van der Waals surface area contributed by atoms with Gasteiger partial charge < -0.3 is 9.47 Å². The third-order valence-electron chi connectivity index (χ3n) is 3.57. The molecule has 9 heteroatoms. The topological polar surface area (TPSA) is 98.8 Å². The van der Waals surface area contributed by atoms with Crippen LogP contribution in [0.15, 0.2) is 53.4 Å². The summed E-state index contributed by atoms with van der Waals surface area (Å²) >= 11 is 5.74. The summed E-state index contributed by atoms with van der Waals surface area (Å²) in [7, 11) is -2.60. The van der Waals surface area contributed by atoms with Crippen LogP contribution in [0.2, 0.25) is 5.02 Å². The van der Waals surface area contributed by atoms with E-state index in [9.17, 15) is 18.0 Å². The number of halogens is 1. The average molecular weight is 412 g/mol. The lowest BCUT2D eigenvalue weighted by Gasteiger charge is -2.14. The van der Waals surface area contributed by atoms with E-state index in [-0.39, 0.29) is 11.5 Å². The van der Waals surface area contributed by atoms with Crippen LogP contribution < -0.4 is 4.72 Å². The maximum absolute atomic E-state index is 12.3. The average Bonchev–Trinajstić information content (AvgIpc) is 2.65. The molecule has 0 aliphatic carbocycles. The van der Waals surface area contributed by atoms with E-state index < -0.39 is 28.0 Å². The van der Waals surface area contributed by atoms with E-state index in [1.165, 1.54) is 38.3 Å². The van der Waals surface area contributed by atoms with Gasteiger partial charge in [-0.1, -0.05) is 23.7 Å². The van der Waals surface area contributed by atoms with Gasteiger partial charge in [0.15, 0.2) is 0 Å². The van der Waals surface area contributed by atoms with E-state index in [4.69, 9.17) is 16.3 Å². The number of carbonyl (C=O) groups excluding carboxylic acids is 2. The summed E-state index contributed by atoms with van der Waals surface area (Å²) < 4.78 is 36.5. The van der Waals surface area contributed by atoms with Crippen LogP contribution >= 0.6 is 11.6 Å². The molecular formula is C18H18ClNO6S. The number of rotatable bonds is 7. The molecule has 0 aromatic heterocycles. The standard InChI is InChI=1S/C18H18ClNO6S/c1-12(20-27(23,24)16-9-7-15(19)8-10-16)17(21)26-11-13-3-5-14(6-4-13)18(22)25-2/h3-10,12,20H,11H2,1-2H3/t12-/m0/s1. The van der Waals surface area contributed by atoms with Gasteiger partial charge in [0.05, 0.1) is 17.6 Å². The molecular weight excluding hydrogens is 394 g/mol. The number of sulfonamides is 1. The monoisotopic (exact) mass is 411 g/mol. The molecule has 2 rings (SSSR count). The Labute approximate surface area is 162 Å². The molecule has 0 heterocycles. The van der Waals surface area contributed by atoms with Crippen LogP contribution in [0, 0.1) is 0 Å². The fourth-order valence-corrected chi connectivity index (χ4v) is 3.42. The van der Waals surface area contributed by atoms with E-state index in [1.807, 2.05) is 0 Å². The molecule has 1 N–H and O–H groups in total. The van der Waals surface area contributed by atoms with Crippen LogP contribution in [0.1, 0.15) is 22.8 Å². The fourth-order valence-electron chi connectivity index (χ4n) is 2.10. The van der Waals surface area contributed by atoms with Gasteiger partial charge in [-0.15, -0.1) is 0 Å². The molecule has 0 amide bonds. The normalized spacial score (nSPS) is 12.3. The van der Waals surface area contributed by atoms with Crippen molar-refractivity contribution >= 4 is 33.6 Å². The molecule has 0 fully saturated rings. The zero-order valence-electron chi connectivity index (χ0n) is 14.6. The lowest BCUT2D eigenvalue weighted by molar-refractivity contribution is -0.146. The van der Waals surface area contributed by atoms with Crippen molar-refractivity contribution in [2.45, 2.75) is 24.5 Å². The Hall–Kier alpha value is -2.42. The third kappa shape index (κ3) is 5.78. The number of methoxy groups -OCH3 is 1. The van der Waals surface area contributed by atoms with Crippen molar-refractivity contribution in [3.8, 4) is 0 Å². The third-order valence-corrected chi connectivity index (χ3v) is 5.37. The van der Waals surface area contributed by atoms with E-state index in [1.54, 1.807) is 24.3 Å². The van der Waals surface area contributed by atoms with Gasteiger partial charge in [-0.25, -0.2) is 13.2 Å². The largest absolute Gasteiger partial charge is 0.465 e. The first-order valence-corrected chi connectivity index (χ1v) is 9.71. The van der Waals surface area contributed by atoms with Crippen LogP contribution in [0.4, 0.5) is 0 Å². The SMILES string of the molecule is COC(=O)c1ccc(COC(=O)[C@H](C)NS(=O)(=O)c2ccc(Cl)cc2)cc1. The zero-order valence-corrected chi connectivity index (χ0v) is 16.2. The number of hydrogen-bond donors (Lipinski definition) is 1. The van der Waals surface area contributed by atoms with Crippen molar-refractivity contribution in [2.24, 2.45) is 0 Å². The van der Waals surface area contributed by atoms with Gasteiger partial charge in [0.25, 0.3) is 0 Å². The summed E-state index contributed by atoms with van der Waals surface area (Å²) in [6.07, 6.45) is 0. The van der Waals surface area contributed by atoms with E-state index in [0.29, 0.717) is 16.1 Å². The van der Waals surface area contributed by atoms with E-state index in [2.05, 4.69) is 9.46 Å². The lowest BCUT2D eigenvalue weighted by atomic mass is 10.1. The first kappa shape index (κ1) is 20.9. The summed E-state index contributed by atoms with van der Waals surface area (Å²) in [5.74, 6) is -1.20. The van der Waals surface area contributed by atoms with E-state index >= 15 is 0 Å². The highest BCUT2D eigenvalue weighted by Crippen LogP contribution is 2.14. The highest BCUT2D eigenvalue weighted by atomic mass is 35.5. The van der Waals surface area contributed by atoms with Gasteiger partial charge in [0.1, 0.15) is 12.6 Å². The van der Waals surface area contributed by atoms with Crippen molar-refractivity contribution in [3.05, 3.63) is 64.7 Å². The Balaban J connectivity index is 1.93. The van der Waals surface area contributed by atoms with Crippen molar-refractivity contribution in [2.75, 3.05) is 7.11 Å². The number of esters is 2. The summed E-state index contributed by atoms with van der Waals surface area (Å²) in [6.45, 7) is 1.32. The highest BCUT2D eigenvalue weighted by molar-refractivity contribution is 7.89. The smallest absolute Gasteiger partial charge is 0.337 e. The van der Waals surface area contributed by atoms with Crippen LogP contribution in [-0.2, 0) is 30.9 Å². The van der Waals surface area contributed by atoms with Gasteiger partial charge in [0, 0.05) is 5.02 Å². The molecule has 2 aromatic carbocycles. The fraction of sp³-hybridized carbons (Fsp3) is 0.222. The Morgan fingerprint density at radius 3 is 2.22 bits per heavy atom. The second-order valence-corrected chi connectivity index (χ2v) is 7.74. The van der Waals surface area contributed by atoms with Crippen LogP contribution in [0.3, 0.4) is 0 Å². The second kappa shape index (κ2) is 8.98. The molecule has 0 aliphatic rings. The molecule has 7 nitrogen and oxygen atoms in total. The van der Waals surface area contributed by atoms with Gasteiger partial charge in [0.2, 0.25) is 10.0 Å². The summed E-state index contributed by atoms with van der Waals surface area (Å²) in [5, 5.41) is 0.402. The minimum Gasteiger partial charge on any atom is -0.465 e. The van der Waals surface area contributed by atoms with Crippen LogP contribution in [-0.4, -0.2) is 33.5 Å². The number of ether oxygens (including phenoxy) is 2. The van der Waals surface area contributed by atoms with Crippen molar-refractivity contribution < 1.29 is 27.5 Å². The van der Waals surface area contributed by atoms with Gasteiger partial charge in [-0.05, 0) is 48.9 Å². The number of hydrogen-bond acceptors (Lipinski definition) is 6. The molecule has 144 valence electrons. The first-order chi connectivity index (χ1) is 12.7. The van der Waals surface area contributed by atoms with Crippen molar-refractivity contribution in [3.63, 3.8) is 0 Å². The summed E-state index contributed by atoms with van der Waals surface area (Å²) in [4.78, 5) is 23.4. The zero-order chi connectivity index (χ0) is 20.0. The Morgan fingerprint density at radius 1 is 1.07 bits per heavy atom. The maximum Gasteiger partial charge on any atom is 0.337 e. The lowest BCUT2D eigenvalue weighted by Crippen LogP contribution is -2.39.